The summed E-state index contributed by atoms with van der Waals surface area (Å²) >= 11 is 0. The first-order chi connectivity index (χ1) is 15.6. The van der Waals surface area contributed by atoms with Crippen molar-refractivity contribution in [2.24, 2.45) is 11.8 Å². The van der Waals surface area contributed by atoms with Crippen LogP contribution >= 0.6 is 0 Å². The number of aromatic nitrogens is 3. The fourth-order valence-corrected chi connectivity index (χ4v) is 4.56. The summed E-state index contributed by atoms with van der Waals surface area (Å²) in [5.41, 5.74) is 0.819. The van der Waals surface area contributed by atoms with Gasteiger partial charge in [0.15, 0.2) is 0 Å². The van der Waals surface area contributed by atoms with Gasteiger partial charge < -0.3 is 19.1 Å². The van der Waals surface area contributed by atoms with Crippen LogP contribution in [0.1, 0.15) is 45.4 Å². The fraction of sp³-hybridized carbons (Fsp3) is 0.609. The molecule has 0 aliphatic carbocycles. The lowest BCUT2D eigenvalue weighted by atomic mass is 9.92. The molecule has 0 spiro atoms. The predicted molar refractivity (Wildman–Crippen MR) is 118 cm³/mol. The van der Waals surface area contributed by atoms with E-state index in [1.54, 1.807) is 6.20 Å². The third kappa shape index (κ3) is 4.76. The first kappa shape index (κ1) is 22.2. The van der Waals surface area contributed by atoms with Gasteiger partial charge >= 0.3 is 5.97 Å². The number of nitrogens with zero attached hydrogens (tertiary/aromatic N) is 5. The number of aryl methyl sites for hydroxylation is 1. The lowest BCUT2D eigenvalue weighted by Crippen LogP contribution is -2.48. The Morgan fingerprint density at radius 2 is 1.97 bits per heavy atom. The molecular formula is C23H31N5O4. The van der Waals surface area contributed by atoms with Gasteiger partial charge in [-0.15, -0.1) is 0 Å². The first-order valence-corrected chi connectivity index (χ1v) is 11.6. The Balaban J connectivity index is 1.42. The lowest BCUT2D eigenvalue weighted by molar-refractivity contribution is -0.151. The van der Waals surface area contributed by atoms with E-state index in [1.165, 1.54) is 0 Å². The van der Waals surface area contributed by atoms with Crippen molar-refractivity contribution < 1.29 is 18.8 Å². The zero-order valence-corrected chi connectivity index (χ0v) is 18.8. The van der Waals surface area contributed by atoms with Crippen molar-refractivity contribution in [3.05, 3.63) is 24.2 Å². The van der Waals surface area contributed by atoms with Crippen molar-refractivity contribution in [3.8, 4) is 11.4 Å². The number of hydrogen-bond donors (Lipinski definition) is 0. The smallest absolute Gasteiger partial charge is 0.309 e. The van der Waals surface area contributed by atoms with Gasteiger partial charge in [-0.3, -0.25) is 9.59 Å². The fourth-order valence-electron chi connectivity index (χ4n) is 4.56. The molecule has 2 aromatic heterocycles. The highest BCUT2D eigenvalue weighted by molar-refractivity contribution is 5.81. The van der Waals surface area contributed by atoms with E-state index in [9.17, 15) is 9.59 Å². The van der Waals surface area contributed by atoms with Crippen LogP contribution in [0.4, 0.5) is 5.82 Å². The number of esters is 1. The van der Waals surface area contributed by atoms with Gasteiger partial charge in [-0.05, 0) is 44.7 Å². The molecule has 4 heterocycles. The Kier molecular flexibility index (Phi) is 7.02. The number of ether oxygens (including phenoxy) is 1. The van der Waals surface area contributed by atoms with E-state index in [-0.39, 0.29) is 23.7 Å². The van der Waals surface area contributed by atoms with Crippen LogP contribution in [0.3, 0.4) is 0 Å². The molecule has 32 heavy (non-hydrogen) atoms. The van der Waals surface area contributed by atoms with Crippen molar-refractivity contribution in [1.82, 2.24) is 20.0 Å². The normalized spacial score (nSPS) is 19.8. The van der Waals surface area contributed by atoms with Crippen molar-refractivity contribution in [2.75, 3.05) is 37.7 Å². The number of carbonyl (C=O) groups excluding carboxylic acids is 2. The maximum Gasteiger partial charge on any atom is 0.309 e. The molecule has 2 aromatic rings. The summed E-state index contributed by atoms with van der Waals surface area (Å²) in [5.74, 6) is 1.75. The second kappa shape index (κ2) is 10.1. The molecule has 2 saturated heterocycles. The molecular weight excluding hydrogens is 410 g/mol. The summed E-state index contributed by atoms with van der Waals surface area (Å²) in [4.78, 5) is 38.4. The minimum absolute atomic E-state index is 0.0887. The summed E-state index contributed by atoms with van der Waals surface area (Å²) in [6.45, 7) is 6.84. The molecule has 9 heteroatoms. The Morgan fingerprint density at radius 1 is 1.16 bits per heavy atom. The molecule has 4 rings (SSSR count). The number of rotatable bonds is 6. The molecule has 1 amide bonds. The van der Waals surface area contributed by atoms with Gasteiger partial charge in [0, 0.05) is 38.8 Å². The van der Waals surface area contributed by atoms with E-state index < -0.39 is 0 Å². The van der Waals surface area contributed by atoms with Crippen LogP contribution in [0, 0.1) is 11.8 Å². The molecule has 9 nitrogen and oxygen atoms in total. The number of carbonyl (C=O) groups is 2. The topological polar surface area (TPSA) is 102 Å². The van der Waals surface area contributed by atoms with Crippen molar-refractivity contribution >= 4 is 17.7 Å². The van der Waals surface area contributed by atoms with Crippen LogP contribution in [0.2, 0.25) is 0 Å². The van der Waals surface area contributed by atoms with E-state index >= 15 is 0 Å². The summed E-state index contributed by atoms with van der Waals surface area (Å²) in [7, 11) is 0. The summed E-state index contributed by atoms with van der Waals surface area (Å²) in [6.07, 6.45) is 5.54. The number of anilines is 1. The zero-order chi connectivity index (χ0) is 22.5. The van der Waals surface area contributed by atoms with E-state index in [0.717, 1.165) is 30.8 Å². The quantitative estimate of drug-likeness (QED) is 0.631. The molecule has 2 aliphatic heterocycles. The second-order valence-electron chi connectivity index (χ2n) is 8.38. The molecule has 172 valence electrons. The number of likely N-dealkylation sites (tertiary alicyclic amines) is 1. The number of piperidine rings is 2. The average Bonchev–Trinajstić information content (AvgIpc) is 3.33. The second-order valence-corrected chi connectivity index (χ2v) is 8.38. The van der Waals surface area contributed by atoms with Crippen LogP contribution in [-0.4, -0.2) is 64.7 Å². The standard InChI is InChI=1S/C23H31N5O4/c1-3-19-25-20(26-32-19)18-8-5-11-24-21(18)28-12-6-7-17(15-28)22(29)27-13-9-16(10-14-27)23(30)31-4-2/h5,8,11,16-17H,3-4,6-7,9-10,12-15H2,1-2H3/t17-/m0/s1. The molecule has 0 unspecified atom stereocenters. The number of amides is 1. The third-order valence-corrected chi connectivity index (χ3v) is 6.29. The first-order valence-electron chi connectivity index (χ1n) is 11.6. The zero-order valence-electron chi connectivity index (χ0n) is 18.8. The van der Waals surface area contributed by atoms with Gasteiger partial charge in [-0.2, -0.15) is 4.98 Å². The predicted octanol–water partition coefficient (Wildman–Crippen LogP) is 2.71. The molecule has 0 N–H and O–H groups in total. The number of hydrogen-bond acceptors (Lipinski definition) is 8. The van der Waals surface area contributed by atoms with Gasteiger partial charge in [0.25, 0.3) is 0 Å². The van der Waals surface area contributed by atoms with Crippen molar-refractivity contribution in [3.63, 3.8) is 0 Å². The van der Waals surface area contributed by atoms with Crippen LogP contribution in [0.5, 0.6) is 0 Å². The lowest BCUT2D eigenvalue weighted by Gasteiger charge is -2.38. The average molecular weight is 442 g/mol. The SMILES string of the molecule is CCOC(=O)C1CCN(C(=O)[C@H]2CCCN(c3ncccc3-c3noc(CC)n3)C2)CC1. The Hall–Kier alpha value is -2.97. The molecule has 0 radical (unpaired) electrons. The van der Waals surface area contributed by atoms with Crippen molar-refractivity contribution in [2.45, 2.75) is 46.0 Å². The van der Waals surface area contributed by atoms with Gasteiger partial charge in [0.1, 0.15) is 5.82 Å². The van der Waals surface area contributed by atoms with E-state index in [1.807, 2.05) is 30.9 Å². The molecule has 2 fully saturated rings. The van der Waals surface area contributed by atoms with E-state index in [2.05, 4.69) is 20.0 Å². The Morgan fingerprint density at radius 3 is 2.69 bits per heavy atom. The number of pyridine rings is 1. The Labute approximate surface area is 188 Å². The van der Waals surface area contributed by atoms with Gasteiger partial charge in [0.2, 0.25) is 17.6 Å². The van der Waals surface area contributed by atoms with Crippen LogP contribution < -0.4 is 4.90 Å². The summed E-state index contributed by atoms with van der Waals surface area (Å²) in [5, 5.41) is 4.11. The van der Waals surface area contributed by atoms with Crippen LogP contribution in [0.15, 0.2) is 22.9 Å². The maximum absolute atomic E-state index is 13.3. The summed E-state index contributed by atoms with van der Waals surface area (Å²) < 4.78 is 10.4. The largest absolute Gasteiger partial charge is 0.466 e. The Bertz CT molecular complexity index is 938. The van der Waals surface area contributed by atoms with Gasteiger partial charge in [0.05, 0.1) is 24.0 Å². The highest BCUT2D eigenvalue weighted by atomic mass is 16.5. The third-order valence-electron chi connectivity index (χ3n) is 6.29. The molecule has 2 aliphatic rings. The van der Waals surface area contributed by atoms with Crippen molar-refractivity contribution in [1.29, 1.82) is 0 Å². The maximum atomic E-state index is 13.3. The molecule has 0 aromatic carbocycles. The van der Waals surface area contributed by atoms with E-state index in [0.29, 0.717) is 57.2 Å². The van der Waals surface area contributed by atoms with Gasteiger partial charge in [-0.1, -0.05) is 12.1 Å². The van der Waals surface area contributed by atoms with Gasteiger partial charge in [-0.25, -0.2) is 4.98 Å². The molecule has 1 atom stereocenters. The monoisotopic (exact) mass is 441 g/mol. The molecule has 0 bridgehead atoms. The van der Waals surface area contributed by atoms with Crippen LogP contribution in [0.25, 0.3) is 11.4 Å². The molecule has 0 saturated carbocycles. The van der Waals surface area contributed by atoms with E-state index in [4.69, 9.17) is 9.26 Å². The minimum Gasteiger partial charge on any atom is -0.466 e. The highest BCUT2D eigenvalue weighted by Crippen LogP contribution is 2.31. The summed E-state index contributed by atoms with van der Waals surface area (Å²) in [6, 6.07) is 3.80. The van der Waals surface area contributed by atoms with Crippen LogP contribution in [-0.2, 0) is 20.7 Å². The highest BCUT2D eigenvalue weighted by Gasteiger charge is 2.34. The minimum atomic E-state index is -0.140.